The molecule has 2 aliphatic rings. The fourth-order valence-electron chi connectivity index (χ4n) is 4.31. The van der Waals surface area contributed by atoms with Crippen molar-refractivity contribution < 1.29 is 9.53 Å². The largest absolute Gasteiger partial charge is 0.468 e. The minimum Gasteiger partial charge on any atom is -0.468 e. The predicted octanol–water partition coefficient (Wildman–Crippen LogP) is 2.43. The van der Waals surface area contributed by atoms with Crippen molar-refractivity contribution in [2.75, 3.05) is 33.8 Å². The predicted molar refractivity (Wildman–Crippen MR) is 85.2 cm³/mol. The average Bonchev–Trinajstić information content (AvgIpc) is 2.96. The number of carbonyl (C=O) groups is 1. The Bertz CT molecular complexity index is 340. The van der Waals surface area contributed by atoms with E-state index in [1.807, 2.05) is 7.05 Å². The van der Waals surface area contributed by atoms with Crippen molar-refractivity contribution in [3.63, 3.8) is 0 Å². The number of esters is 1. The molecule has 0 spiro atoms. The summed E-state index contributed by atoms with van der Waals surface area (Å²) in [7, 11) is 3.41. The van der Waals surface area contributed by atoms with Crippen LogP contribution in [0.5, 0.6) is 0 Å². The van der Waals surface area contributed by atoms with Gasteiger partial charge in [-0.2, -0.15) is 0 Å². The number of rotatable bonds is 6. The number of ether oxygens (including phenoxy) is 1. The van der Waals surface area contributed by atoms with E-state index in [-0.39, 0.29) is 5.97 Å². The van der Waals surface area contributed by atoms with E-state index >= 15 is 0 Å². The molecule has 2 unspecified atom stereocenters. The highest BCUT2D eigenvalue weighted by molar-refractivity contribution is 5.81. The number of likely N-dealkylation sites (tertiary alicyclic amines) is 1. The van der Waals surface area contributed by atoms with Crippen LogP contribution in [0.25, 0.3) is 0 Å². The molecule has 1 aliphatic carbocycles. The molecular formula is C17H32N2O2. The number of likely N-dealkylation sites (N-methyl/N-ethyl adjacent to an activating group) is 1. The van der Waals surface area contributed by atoms with E-state index in [0.29, 0.717) is 5.92 Å². The summed E-state index contributed by atoms with van der Waals surface area (Å²) in [6, 6.07) is 0. The standard InChI is InChI=1S/C17H32N2O2/c1-4-14-7-11-19(12-8-14)13-9-15-6-5-10-17(15,18-2)16(20)21-3/h14-15,18H,4-13H2,1-3H3. The van der Waals surface area contributed by atoms with Crippen LogP contribution in [0.1, 0.15) is 51.9 Å². The second kappa shape index (κ2) is 7.59. The topological polar surface area (TPSA) is 41.6 Å². The van der Waals surface area contributed by atoms with Gasteiger partial charge in [-0.05, 0) is 70.6 Å². The lowest BCUT2D eigenvalue weighted by atomic mass is 9.84. The van der Waals surface area contributed by atoms with Crippen LogP contribution >= 0.6 is 0 Å². The Kier molecular flexibility index (Phi) is 6.06. The van der Waals surface area contributed by atoms with Gasteiger partial charge < -0.3 is 15.0 Å². The molecule has 0 aromatic heterocycles. The Hall–Kier alpha value is -0.610. The number of methoxy groups -OCH3 is 1. The maximum Gasteiger partial charge on any atom is 0.326 e. The molecule has 21 heavy (non-hydrogen) atoms. The number of piperidine rings is 1. The molecule has 1 aliphatic heterocycles. The average molecular weight is 296 g/mol. The zero-order valence-corrected chi connectivity index (χ0v) is 14.0. The molecule has 2 atom stereocenters. The van der Waals surface area contributed by atoms with Crippen LogP contribution in [-0.4, -0.2) is 50.2 Å². The van der Waals surface area contributed by atoms with Crippen LogP contribution in [0, 0.1) is 11.8 Å². The van der Waals surface area contributed by atoms with Crippen LogP contribution in [-0.2, 0) is 9.53 Å². The molecule has 2 fully saturated rings. The Morgan fingerprint density at radius 3 is 2.62 bits per heavy atom. The quantitative estimate of drug-likeness (QED) is 0.764. The number of nitrogens with zero attached hydrogens (tertiary/aromatic N) is 1. The van der Waals surface area contributed by atoms with Gasteiger partial charge in [-0.1, -0.05) is 19.8 Å². The van der Waals surface area contributed by atoms with E-state index in [1.165, 1.54) is 39.5 Å². The summed E-state index contributed by atoms with van der Waals surface area (Å²) < 4.78 is 5.06. The summed E-state index contributed by atoms with van der Waals surface area (Å²) in [6.07, 6.45) is 8.29. The number of carbonyl (C=O) groups excluding carboxylic acids is 1. The molecule has 122 valence electrons. The van der Waals surface area contributed by atoms with E-state index in [1.54, 1.807) is 0 Å². The molecule has 1 saturated heterocycles. The highest BCUT2D eigenvalue weighted by Crippen LogP contribution is 2.39. The third kappa shape index (κ3) is 3.59. The van der Waals surface area contributed by atoms with Gasteiger partial charge in [0.2, 0.25) is 0 Å². The SMILES string of the molecule is CCC1CCN(CCC2CCCC2(NC)C(=O)OC)CC1. The molecule has 2 rings (SSSR count). The van der Waals surface area contributed by atoms with Crippen molar-refractivity contribution in [3.05, 3.63) is 0 Å². The first kappa shape index (κ1) is 16.8. The third-order valence-electron chi connectivity index (χ3n) is 5.89. The van der Waals surface area contributed by atoms with Crippen LogP contribution in [0.4, 0.5) is 0 Å². The van der Waals surface area contributed by atoms with E-state index < -0.39 is 5.54 Å². The van der Waals surface area contributed by atoms with Crippen LogP contribution in [0.3, 0.4) is 0 Å². The van der Waals surface area contributed by atoms with Crippen LogP contribution < -0.4 is 5.32 Å². The summed E-state index contributed by atoms with van der Waals surface area (Å²) in [4.78, 5) is 14.8. The first-order valence-corrected chi connectivity index (χ1v) is 8.66. The smallest absolute Gasteiger partial charge is 0.326 e. The monoisotopic (exact) mass is 296 g/mol. The van der Waals surface area contributed by atoms with Gasteiger partial charge in [0, 0.05) is 0 Å². The van der Waals surface area contributed by atoms with E-state index in [9.17, 15) is 4.79 Å². The third-order valence-corrected chi connectivity index (χ3v) is 5.89. The normalized spacial score (nSPS) is 31.5. The number of hydrogen-bond acceptors (Lipinski definition) is 4. The Morgan fingerprint density at radius 2 is 2.05 bits per heavy atom. The lowest BCUT2D eigenvalue weighted by Gasteiger charge is -2.36. The van der Waals surface area contributed by atoms with Gasteiger partial charge in [-0.15, -0.1) is 0 Å². The molecule has 4 nitrogen and oxygen atoms in total. The van der Waals surface area contributed by atoms with Gasteiger partial charge in [0.15, 0.2) is 0 Å². The van der Waals surface area contributed by atoms with Crippen molar-refractivity contribution in [2.24, 2.45) is 11.8 Å². The summed E-state index contributed by atoms with van der Waals surface area (Å²) in [5.41, 5.74) is -0.434. The van der Waals surface area contributed by atoms with Crippen molar-refractivity contribution in [1.82, 2.24) is 10.2 Å². The van der Waals surface area contributed by atoms with Crippen molar-refractivity contribution in [1.29, 1.82) is 0 Å². The van der Waals surface area contributed by atoms with E-state index in [2.05, 4.69) is 17.1 Å². The molecule has 0 bridgehead atoms. The second-order valence-electron chi connectivity index (χ2n) is 6.78. The zero-order chi connectivity index (χ0) is 15.3. The fourth-order valence-corrected chi connectivity index (χ4v) is 4.31. The summed E-state index contributed by atoms with van der Waals surface area (Å²) in [5.74, 6) is 1.27. The molecule has 1 N–H and O–H groups in total. The summed E-state index contributed by atoms with van der Waals surface area (Å²) >= 11 is 0. The van der Waals surface area contributed by atoms with E-state index in [4.69, 9.17) is 4.74 Å². The molecule has 0 amide bonds. The molecule has 1 saturated carbocycles. The van der Waals surface area contributed by atoms with Crippen molar-refractivity contribution >= 4 is 5.97 Å². The lowest BCUT2D eigenvalue weighted by Crippen LogP contribution is -2.54. The minimum atomic E-state index is -0.434. The molecule has 4 heteroatoms. The molecular weight excluding hydrogens is 264 g/mol. The summed E-state index contributed by atoms with van der Waals surface area (Å²) in [5, 5.41) is 3.29. The second-order valence-corrected chi connectivity index (χ2v) is 6.78. The Balaban J connectivity index is 1.86. The molecule has 0 aromatic rings. The van der Waals surface area contributed by atoms with Gasteiger partial charge in [-0.3, -0.25) is 4.79 Å². The molecule has 0 aromatic carbocycles. The highest BCUT2D eigenvalue weighted by Gasteiger charge is 2.48. The van der Waals surface area contributed by atoms with Gasteiger partial charge in [0.1, 0.15) is 5.54 Å². The first-order valence-electron chi connectivity index (χ1n) is 8.66. The lowest BCUT2D eigenvalue weighted by molar-refractivity contribution is -0.150. The zero-order valence-electron chi connectivity index (χ0n) is 14.0. The minimum absolute atomic E-state index is 0.0720. The molecule has 1 heterocycles. The van der Waals surface area contributed by atoms with Gasteiger partial charge in [0.25, 0.3) is 0 Å². The number of nitrogens with one attached hydrogen (secondary N) is 1. The van der Waals surface area contributed by atoms with Gasteiger partial charge in [-0.25, -0.2) is 0 Å². The highest BCUT2D eigenvalue weighted by atomic mass is 16.5. The Labute approximate surface area is 129 Å². The number of hydrogen-bond donors (Lipinski definition) is 1. The maximum atomic E-state index is 12.2. The summed E-state index contributed by atoms with van der Waals surface area (Å²) in [6.45, 7) is 5.89. The van der Waals surface area contributed by atoms with Crippen LogP contribution in [0.15, 0.2) is 0 Å². The van der Waals surface area contributed by atoms with Crippen LogP contribution in [0.2, 0.25) is 0 Å². The first-order chi connectivity index (χ1) is 10.2. The maximum absolute atomic E-state index is 12.2. The van der Waals surface area contributed by atoms with E-state index in [0.717, 1.165) is 38.1 Å². The van der Waals surface area contributed by atoms with Crippen molar-refractivity contribution in [2.45, 2.75) is 57.4 Å². The van der Waals surface area contributed by atoms with Gasteiger partial charge >= 0.3 is 5.97 Å². The Morgan fingerprint density at radius 1 is 1.33 bits per heavy atom. The molecule has 0 radical (unpaired) electrons. The van der Waals surface area contributed by atoms with Crippen molar-refractivity contribution in [3.8, 4) is 0 Å². The fraction of sp³-hybridized carbons (Fsp3) is 0.941. The van der Waals surface area contributed by atoms with Gasteiger partial charge in [0.05, 0.1) is 7.11 Å².